The van der Waals surface area contributed by atoms with Crippen LogP contribution in [0.1, 0.15) is 33.3 Å². The predicted octanol–water partition coefficient (Wildman–Crippen LogP) is 4.74. The van der Waals surface area contributed by atoms with Gasteiger partial charge in [0.05, 0.1) is 7.11 Å². The van der Waals surface area contributed by atoms with Gasteiger partial charge in [0.1, 0.15) is 5.75 Å². The van der Waals surface area contributed by atoms with Crippen molar-refractivity contribution >= 4 is 17.4 Å². The van der Waals surface area contributed by atoms with Crippen LogP contribution in [0.15, 0.2) is 48.5 Å². The van der Waals surface area contributed by atoms with Crippen LogP contribution in [0, 0.1) is 0 Å². The number of urea groups is 1. The Bertz CT molecular complexity index is 794. The molecule has 2 amide bonds. The monoisotopic (exact) mass is 381 g/mol. The fourth-order valence-electron chi connectivity index (χ4n) is 3.56. The minimum atomic E-state index is -0.0373. The molecule has 5 nitrogen and oxygen atoms in total. The molecule has 28 heavy (non-hydrogen) atoms. The molecule has 3 rings (SSSR count). The van der Waals surface area contributed by atoms with Gasteiger partial charge in [-0.25, -0.2) is 4.79 Å². The summed E-state index contributed by atoms with van der Waals surface area (Å²) in [4.78, 5) is 16.9. The van der Waals surface area contributed by atoms with Crippen molar-refractivity contribution in [1.29, 1.82) is 0 Å². The number of anilines is 2. The first-order chi connectivity index (χ1) is 13.3. The number of nitrogens with zero attached hydrogens (tertiary/aromatic N) is 2. The number of amides is 2. The molecule has 0 radical (unpaired) electrons. The standard InChI is InChI=1S/C23H31N3O2/c1-17-16-25(14-15-26(17)20-10-12-21(28-5)13-11-20)22(27)24-19-8-6-18(7-9-19)23(2,3)4/h6-13,17H,14-16H2,1-5H3,(H,24,27). The second-order valence-electron chi connectivity index (χ2n) is 8.44. The van der Waals surface area contributed by atoms with Gasteiger partial charge >= 0.3 is 6.03 Å². The van der Waals surface area contributed by atoms with Crippen LogP contribution < -0.4 is 15.0 Å². The molecule has 0 saturated carbocycles. The summed E-state index contributed by atoms with van der Waals surface area (Å²) in [5, 5.41) is 3.03. The zero-order valence-corrected chi connectivity index (χ0v) is 17.5. The Labute approximate surface area is 168 Å². The molecular formula is C23H31N3O2. The van der Waals surface area contributed by atoms with E-state index in [0.717, 1.165) is 23.7 Å². The zero-order chi connectivity index (χ0) is 20.3. The van der Waals surface area contributed by atoms with E-state index in [1.165, 1.54) is 5.56 Å². The zero-order valence-electron chi connectivity index (χ0n) is 17.5. The molecule has 1 atom stereocenters. The van der Waals surface area contributed by atoms with Gasteiger partial charge < -0.3 is 19.9 Å². The molecule has 1 fully saturated rings. The van der Waals surface area contributed by atoms with E-state index in [2.05, 4.69) is 62.2 Å². The highest BCUT2D eigenvalue weighted by Gasteiger charge is 2.27. The van der Waals surface area contributed by atoms with E-state index in [0.29, 0.717) is 13.1 Å². The lowest BCUT2D eigenvalue weighted by atomic mass is 9.87. The van der Waals surface area contributed by atoms with Crippen molar-refractivity contribution < 1.29 is 9.53 Å². The summed E-state index contributed by atoms with van der Waals surface area (Å²) in [6.45, 7) is 10.9. The van der Waals surface area contributed by atoms with E-state index in [-0.39, 0.29) is 17.5 Å². The lowest BCUT2D eigenvalue weighted by molar-refractivity contribution is 0.200. The highest BCUT2D eigenvalue weighted by atomic mass is 16.5. The van der Waals surface area contributed by atoms with Crippen molar-refractivity contribution in [2.45, 2.75) is 39.2 Å². The summed E-state index contributed by atoms with van der Waals surface area (Å²) >= 11 is 0. The first-order valence-corrected chi connectivity index (χ1v) is 9.85. The largest absolute Gasteiger partial charge is 0.497 e. The van der Waals surface area contributed by atoms with Gasteiger partial charge in [0.2, 0.25) is 0 Å². The molecule has 1 aliphatic heterocycles. The third-order valence-corrected chi connectivity index (χ3v) is 5.32. The molecule has 1 N–H and O–H groups in total. The minimum absolute atomic E-state index is 0.0373. The van der Waals surface area contributed by atoms with E-state index in [4.69, 9.17) is 4.74 Å². The number of carbonyl (C=O) groups is 1. The van der Waals surface area contributed by atoms with Crippen LogP contribution in [0.5, 0.6) is 5.75 Å². The van der Waals surface area contributed by atoms with E-state index in [1.54, 1.807) is 7.11 Å². The van der Waals surface area contributed by atoms with Crippen molar-refractivity contribution in [2.75, 3.05) is 37.0 Å². The second-order valence-corrected chi connectivity index (χ2v) is 8.44. The van der Waals surface area contributed by atoms with E-state index < -0.39 is 0 Å². The van der Waals surface area contributed by atoms with Gasteiger partial charge in [-0.2, -0.15) is 0 Å². The summed E-state index contributed by atoms with van der Waals surface area (Å²) in [5.74, 6) is 0.854. The quantitative estimate of drug-likeness (QED) is 0.835. The summed E-state index contributed by atoms with van der Waals surface area (Å²) in [6, 6.07) is 16.4. The van der Waals surface area contributed by atoms with Crippen LogP contribution in [-0.2, 0) is 5.41 Å². The number of hydrogen-bond acceptors (Lipinski definition) is 3. The van der Waals surface area contributed by atoms with Crippen LogP contribution in [0.2, 0.25) is 0 Å². The highest BCUT2D eigenvalue weighted by Crippen LogP contribution is 2.25. The third kappa shape index (κ3) is 4.58. The van der Waals surface area contributed by atoms with Gasteiger partial charge in [0.15, 0.2) is 0 Å². The number of ether oxygens (including phenoxy) is 1. The fourth-order valence-corrected chi connectivity index (χ4v) is 3.56. The molecule has 150 valence electrons. The van der Waals surface area contributed by atoms with Gasteiger partial charge in [-0.05, 0) is 54.3 Å². The van der Waals surface area contributed by atoms with Gasteiger partial charge in [0.25, 0.3) is 0 Å². The molecule has 2 aromatic carbocycles. The molecule has 1 heterocycles. The first kappa shape index (κ1) is 20.1. The van der Waals surface area contributed by atoms with E-state index in [9.17, 15) is 4.79 Å². The Hall–Kier alpha value is -2.69. The van der Waals surface area contributed by atoms with Gasteiger partial charge in [-0.3, -0.25) is 0 Å². The van der Waals surface area contributed by atoms with Crippen molar-refractivity contribution in [3.8, 4) is 5.75 Å². The van der Waals surface area contributed by atoms with Crippen molar-refractivity contribution in [1.82, 2.24) is 4.90 Å². The summed E-state index contributed by atoms with van der Waals surface area (Å²) in [6.07, 6.45) is 0. The number of nitrogens with one attached hydrogen (secondary N) is 1. The molecule has 1 aliphatic rings. The maximum Gasteiger partial charge on any atom is 0.321 e. The lowest BCUT2D eigenvalue weighted by Crippen LogP contribution is -2.54. The first-order valence-electron chi connectivity index (χ1n) is 9.85. The third-order valence-electron chi connectivity index (χ3n) is 5.32. The number of methoxy groups -OCH3 is 1. The van der Waals surface area contributed by atoms with Crippen LogP contribution in [0.25, 0.3) is 0 Å². The molecule has 1 saturated heterocycles. The normalized spacial score (nSPS) is 17.4. The molecule has 0 spiro atoms. The Morgan fingerprint density at radius 1 is 1.04 bits per heavy atom. The number of carbonyl (C=O) groups excluding carboxylic acids is 1. The van der Waals surface area contributed by atoms with Crippen molar-refractivity contribution in [3.05, 3.63) is 54.1 Å². The van der Waals surface area contributed by atoms with Crippen LogP contribution in [0.4, 0.5) is 16.2 Å². The molecule has 1 unspecified atom stereocenters. The van der Waals surface area contributed by atoms with Crippen LogP contribution in [-0.4, -0.2) is 43.7 Å². The molecule has 0 bridgehead atoms. The number of piperazine rings is 1. The van der Waals surface area contributed by atoms with Crippen LogP contribution in [0.3, 0.4) is 0 Å². The molecule has 5 heteroatoms. The molecule has 0 aromatic heterocycles. The Morgan fingerprint density at radius 2 is 1.68 bits per heavy atom. The minimum Gasteiger partial charge on any atom is -0.497 e. The predicted molar refractivity (Wildman–Crippen MR) is 116 cm³/mol. The molecule has 2 aromatic rings. The highest BCUT2D eigenvalue weighted by molar-refractivity contribution is 5.89. The number of benzene rings is 2. The van der Waals surface area contributed by atoms with Crippen molar-refractivity contribution in [2.24, 2.45) is 0 Å². The lowest BCUT2D eigenvalue weighted by Gasteiger charge is -2.41. The SMILES string of the molecule is COc1ccc(N2CCN(C(=O)Nc3ccc(C(C)(C)C)cc3)CC2C)cc1. The maximum absolute atomic E-state index is 12.7. The maximum atomic E-state index is 12.7. The van der Waals surface area contributed by atoms with E-state index in [1.807, 2.05) is 29.2 Å². The van der Waals surface area contributed by atoms with Gasteiger partial charge in [0, 0.05) is 37.1 Å². The fraction of sp³-hybridized carbons (Fsp3) is 0.435. The number of hydrogen-bond donors (Lipinski definition) is 1. The van der Waals surface area contributed by atoms with E-state index >= 15 is 0 Å². The second kappa shape index (κ2) is 8.13. The number of rotatable bonds is 3. The average molecular weight is 382 g/mol. The van der Waals surface area contributed by atoms with Gasteiger partial charge in [-0.1, -0.05) is 32.9 Å². The van der Waals surface area contributed by atoms with Crippen LogP contribution >= 0.6 is 0 Å². The van der Waals surface area contributed by atoms with Gasteiger partial charge in [-0.15, -0.1) is 0 Å². The molecule has 0 aliphatic carbocycles. The smallest absolute Gasteiger partial charge is 0.321 e. The summed E-state index contributed by atoms with van der Waals surface area (Å²) in [5.41, 5.74) is 3.36. The molecular weight excluding hydrogens is 350 g/mol. The summed E-state index contributed by atoms with van der Waals surface area (Å²) in [7, 11) is 1.67. The Balaban J connectivity index is 1.59. The average Bonchev–Trinajstić information content (AvgIpc) is 2.68. The summed E-state index contributed by atoms with van der Waals surface area (Å²) < 4.78 is 5.23. The van der Waals surface area contributed by atoms with Crippen molar-refractivity contribution in [3.63, 3.8) is 0 Å². The Kier molecular flexibility index (Phi) is 5.82. The topological polar surface area (TPSA) is 44.8 Å². The Morgan fingerprint density at radius 3 is 2.21 bits per heavy atom.